The number of rotatable bonds is 2. The van der Waals surface area contributed by atoms with E-state index in [1.165, 1.54) is 0 Å². The molecule has 80 valence electrons. The third-order valence-electron chi connectivity index (χ3n) is 0.469. The zero-order chi connectivity index (χ0) is 10.9. The Balaban J connectivity index is 4.25. The van der Waals surface area contributed by atoms with Gasteiger partial charge in [0.1, 0.15) is 0 Å². The van der Waals surface area contributed by atoms with Gasteiger partial charge in [-0.25, -0.2) is 0 Å². The molecule has 13 heavy (non-hydrogen) atoms. The Morgan fingerprint density at radius 1 is 0.692 bits per heavy atom. The highest BCUT2D eigenvalue weighted by Gasteiger charge is 2.48. The van der Waals surface area contributed by atoms with E-state index in [0.717, 1.165) is 0 Å². The molecule has 0 radical (unpaired) electrons. The topological polar surface area (TPSA) is 0 Å². The normalized spacial score (nSPS) is 14.8. The maximum Gasteiger partial charge on any atom is 0.444 e. The molecular weight excluding hydrogens is 374 g/mol. The van der Waals surface area contributed by atoms with Crippen LogP contribution >= 0.6 is 55.4 Å². The van der Waals surface area contributed by atoms with Crippen molar-refractivity contribution in [2.45, 2.75) is 12.9 Å². The summed E-state index contributed by atoms with van der Waals surface area (Å²) in [5.74, 6) is 0. The first-order chi connectivity index (χ1) is 5.41. The number of thioether (sulfide) groups is 2. The van der Waals surface area contributed by atoms with E-state index in [-0.39, 0.29) is 0 Å². The van der Waals surface area contributed by atoms with Crippen molar-refractivity contribution >= 4 is 55.4 Å². The Labute approximate surface area is 94.4 Å². The van der Waals surface area contributed by atoms with Gasteiger partial charge in [-0.15, -0.1) is 0 Å². The summed E-state index contributed by atoms with van der Waals surface area (Å²) in [5.41, 5.74) is -9.49. The van der Waals surface area contributed by atoms with Gasteiger partial charge in [-0.1, -0.05) is 0 Å². The monoisotopic (exact) mass is 372 g/mol. The highest BCUT2D eigenvalue weighted by atomic mass is 79.9. The zero-order valence-corrected chi connectivity index (χ0v) is 10.1. The third-order valence-corrected chi connectivity index (χ3v) is 3.85. The van der Waals surface area contributed by atoms with Gasteiger partial charge in [0.25, 0.3) is 0 Å². The molecule has 0 N–H and O–H groups in total. The summed E-state index contributed by atoms with van der Waals surface area (Å²) < 4.78 is 67.6. The molecule has 0 rings (SSSR count). The van der Waals surface area contributed by atoms with Gasteiger partial charge >= 0.3 is 11.0 Å². The van der Waals surface area contributed by atoms with Gasteiger partial charge in [0.15, 0.2) is 1.90 Å². The fourth-order valence-electron chi connectivity index (χ4n) is 0.290. The summed E-state index contributed by atoms with van der Waals surface area (Å²) in [5, 5.41) is 0. The van der Waals surface area contributed by atoms with Crippen LogP contribution in [-0.4, -0.2) is 12.9 Å². The van der Waals surface area contributed by atoms with Gasteiger partial charge in [-0.05, 0) is 55.4 Å². The lowest BCUT2D eigenvalue weighted by atomic mass is 11.5. The summed E-state index contributed by atoms with van der Waals surface area (Å²) in [4.78, 5) is 0. The summed E-state index contributed by atoms with van der Waals surface area (Å²) in [7, 11) is 0. The van der Waals surface area contributed by atoms with Gasteiger partial charge in [0.2, 0.25) is 0 Å². The first kappa shape index (κ1) is 14.2. The van der Waals surface area contributed by atoms with E-state index in [9.17, 15) is 26.3 Å². The smallest absolute Gasteiger partial charge is 0.160 e. The second kappa shape index (κ2) is 4.40. The fraction of sp³-hybridized carbons (Fsp3) is 1.00. The summed E-state index contributed by atoms with van der Waals surface area (Å²) in [6.45, 7) is 0. The zero-order valence-electron chi connectivity index (χ0n) is 5.34. The Morgan fingerprint density at radius 3 is 1.08 bits per heavy atom. The lowest BCUT2D eigenvalue weighted by Crippen LogP contribution is -2.16. The average molecular weight is 374 g/mol. The quantitative estimate of drug-likeness (QED) is 0.384. The minimum atomic E-state index is -4.74. The minimum absolute atomic E-state index is 0.838. The van der Waals surface area contributed by atoms with E-state index < -0.39 is 36.4 Å². The average Bonchev–Trinajstić information content (AvgIpc) is 1.43. The van der Waals surface area contributed by atoms with Gasteiger partial charge in [0.05, 0.1) is 0 Å². The molecule has 0 aromatic heterocycles. The van der Waals surface area contributed by atoms with Crippen molar-refractivity contribution in [1.29, 1.82) is 0 Å². The van der Waals surface area contributed by atoms with E-state index >= 15 is 0 Å². The van der Waals surface area contributed by atoms with Crippen molar-refractivity contribution in [1.82, 2.24) is 0 Å². The predicted molar refractivity (Wildman–Crippen MR) is 47.9 cm³/mol. The largest absolute Gasteiger partial charge is 0.444 e. The van der Waals surface area contributed by atoms with Gasteiger partial charge in [0, 0.05) is 0 Å². The van der Waals surface area contributed by atoms with Crippen LogP contribution in [-0.2, 0) is 0 Å². The van der Waals surface area contributed by atoms with E-state index in [0.29, 0.717) is 0 Å². The Hall–Kier alpha value is 1.24. The lowest BCUT2D eigenvalue weighted by Gasteiger charge is -2.21. The Morgan fingerprint density at radius 2 is 0.923 bits per heavy atom. The van der Waals surface area contributed by atoms with E-state index in [1.54, 1.807) is 0 Å². The van der Waals surface area contributed by atoms with E-state index in [4.69, 9.17) is 0 Å². The highest BCUT2D eigenvalue weighted by Crippen LogP contribution is 2.59. The maximum absolute atomic E-state index is 11.6. The molecule has 0 nitrogen and oxygen atoms in total. The summed E-state index contributed by atoms with van der Waals surface area (Å²) in [6.07, 6.45) is 0. The number of hydrogen-bond donors (Lipinski definition) is 0. The molecule has 0 aliphatic rings. The van der Waals surface area contributed by atoms with Crippen LogP contribution in [0.4, 0.5) is 26.3 Å². The molecule has 0 heterocycles. The van der Waals surface area contributed by atoms with Gasteiger partial charge in [-0.3, -0.25) is 0 Å². The second-order valence-electron chi connectivity index (χ2n) is 1.56. The molecule has 0 aromatic carbocycles. The summed E-state index contributed by atoms with van der Waals surface area (Å²) >= 11 is 2.84. The molecular formula is C3Br2F6S2. The molecule has 0 fully saturated rings. The molecule has 0 atom stereocenters. The lowest BCUT2D eigenvalue weighted by molar-refractivity contribution is -0.0340. The molecule has 0 bridgehead atoms. The molecule has 0 saturated heterocycles. The molecule has 0 aromatic rings. The van der Waals surface area contributed by atoms with Crippen LogP contribution in [0.5, 0.6) is 0 Å². The van der Waals surface area contributed by atoms with E-state index in [1.807, 2.05) is 0 Å². The highest BCUT2D eigenvalue weighted by molar-refractivity contribution is 9.31. The summed E-state index contributed by atoms with van der Waals surface area (Å²) in [6, 6.07) is 0. The first-order valence-corrected chi connectivity index (χ1v) is 5.55. The molecule has 0 unspecified atom stereocenters. The molecule has 0 saturated carbocycles. The van der Waals surface area contributed by atoms with Crippen LogP contribution < -0.4 is 0 Å². The van der Waals surface area contributed by atoms with Crippen molar-refractivity contribution in [3.63, 3.8) is 0 Å². The molecule has 0 amide bonds. The fourth-order valence-corrected chi connectivity index (χ4v) is 3.77. The van der Waals surface area contributed by atoms with Crippen LogP contribution in [0, 0.1) is 0 Å². The number of halogens is 8. The van der Waals surface area contributed by atoms with Crippen molar-refractivity contribution in [2.75, 3.05) is 0 Å². The Bertz CT molecular complexity index is 156. The number of alkyl halides is 8. The molecule has 0 aliphatic heterocycles. The van der Waals surface area contributed by atoms with Crippen molar-refractivity contribution in [3.8, 4) is 0 Å². The van der Waals surface area contributed by atoms with E-state index in [2.05, 4.69) is 31.9 Å². The maximum atomic E-state index is 11.6. The predicted octanol–water partition coefficient (Wildman–Crippen LogP) is 4.89. The van der Waals surface area contributed by atoms with Crippen molar-refractivity contribution in [2.24, 2.45) is 0 Å². The second-order valence-corrected chi connectivity index (χ2v) is 9.92. The van der Waals surface area contributed by atoms with Crippen molar-refractivity contribution in [3.05, 3.63) is 0 Å². The van der Waals surface area contributed by atoms with Gasteiger partial charge < -0.3 is 0 Å². The Kier molecular flexibility index (Phi) is 4.82. The van der Waals surface area contributed by atoms with Crippen LogP contribution in [0.15, 0.2) is 0 Å². The molecule has 0 spiro atoms. The third kappa shape index (κ3) is 9.54. The van der Waals surface area contributed by atoms with Crippen LogP contribution in [0.25, 0.3) is 0 Å². The first-order valence-electron chi connectivity index (χ1n) is 2.33. The van der Waals surface area contributed by atoms with Crippen LogP contribution in [0.2, 0.25) is 0 Å². The van der Waals surface area contributed by atoms with Crippen LogP contribution in [0.1, 0.15) is 0 Å². The van der Waals surface area contributed by atoms with Crippen molar-refractivity contribution < 1.29 is 26.3 Å². The SMILES string of the molecule is FC(F)(F)SC(Br)(Br)SC(F)(F)F. The molecule has 10 heteroatoms. The number of hydrogen-bond acceptors (Lipinski definition) is 2. The standard InChI is InChI=1S/C3Br2F6S2/c4-1(5,12-2(6,7)8)13-3(9,10)11. The molecule has 0 aliphatic carbocycles. The van der Waals surface area contributed by atoms with Crippen LogP contribution in [0.3, 0.4) is 0 Å². The minimum Gasteiger partial charge on any atom is -0.160 e. The van der Waals surface area contributed by atoms with Gasteiger partial charge in [-0.2, -0.15) is 26.3 Å².